The summed E-state index contributed by atoms with van der Waals surface area (Å²) in [4.78, 5) is 21.4. The van der Waals surface area contributed by atoms with Gasteiger partial charge in [-0.3, -0.25) is 14.9 Å². The van der Waals surface area contributed by atoms with Crippen molar-refractivity contribution in [2.75, 3.05) is 5.32 Å². The van der Waals surface area contributed by atoms with E-state index in [1.165, 1.54) is 6.07 Å². The second kappa shape index (κ2) is 7.67. The lowest BCUT2D eigenvalue weighted by atomic mass is 9.93. The zero-order chi connectivity index (χ0) is 17.8. The lowest BCUT2D eigenvalue weighted by Crippen LogP contribution is -2.25. The summed E-state index contributed by atoms with van der Waals surface area (Å²) in [5.74, 6) is -0.554. The number of thioether (sulfide) groups is 1. The molecule has 0 aliphatic heterocycles. The number of nitro groups is 1. The Morgan fingerprint density at radius 3 is 2.48 bits per heavy atom. The molecule has 5 nitrogen and oxygen atoms in total. The van der Waals surface area contributed by atoms with Crippen molar-refractivity contribution in [3.63, 3.8) is 0 Å². The number of hydrogen-bond acceptors (Lipinski definition) is 4. The molecule has 2 atom stereocenters. The first kappa shape index (κ1) is 19.3. The van der Waals surface area contributed by atoms with Crippen molar-refractivity contribution in [2.45, 2.75) is 37.6 Å². The van der Waals surface area contributed by atoms with Crippen LogP contribution in [0.25, 0.3) is 0 Å². The Morgan fingerprint density at radius 1 is 1.39 bits per heavy atom. The number of carbonyl (C=O) groups excluding carboxylic acids is 1. The predicted octanol–water partition coefficient (Wildman–Crippen LogP) is 4.83. The highest BCUT2D eigenvalue weighted by Gasteiger charge is 2.33. The molecule has 0 heterocycles. The normalized spacial score (nSPS) is 14.2. The maximum atomic E-state index is 12.5. The molecule has 128 valence electrons. The third-order valence-corrected chi connectivity index (χ3v) is 4.34. The number of hydrogen-bond donors (Lipinski definition) is 1. The smallest absolute Gasteiger partial charge is 0.326 e. The van der Waals surface area contributed by atoms with E-state index in [1.54, 1.807) is 6.92 Å². The molecule has 1 aromatic carbocycles. The van der Waals surface area contributed by atoms with Crippen molar-refractivity contribution in [3.8, 4) is 0 Å². The molecule has 1 N–H and O–H groups in total. The Labute approximate surface area is 135 Å². The molecular weight excluding hydrogens is 333 g/mol. The highest BCUT2D eigenvalue weighted by atomic mass is 32.2. The van der Waals surface area contributed by atoms with Gasteiger partial charge in [-0.2, -0.15) is 13.2 Å². The summed E-state index contributed by atoms with van der Waals surface area (Å²) >= 11 is -0.577. The van der Waals surface area contributed by atoms with Crippen molar-refractivity contribution < 1.29 is 22.9 Å². The second-order valence-corrected chi connectivity index (χ2v) is 6.26. The lowest BCUT2D eigenvalue weighted by molar-refractivity contribution is -0.387. The van der Waals surface area contributed by atoms with Gasteiger partial charge in [0.05, 0.1) is 9.82 Å². The summed E-state index contributed by atoms with van der Waals surface area (Å²) in [7, 11) is 0. The topological polar surface area (TPSA) is 72.2 Å². The van der Waals surface area contributed by atoms with Crippen LogP contribution < -0.4 is 5.32 Å². The fourth-order valence-corrected chi connectivity index (χ4v) is 2.50. The molecule has 1 aromatic rings. The Bertz CT molecular complexity index is 593. The fraction of sp³-hybridized carbons (Fsp3) is 0.500. The highest BCUT2D eigenvalue weighted by molar-refractivity contribution is 8.00. The number of nitro benzene ring substituents is 1. The van der Waals surface area contributed by atoms with Crippen molar-refractivity contribution in [1.29, 1.82) is 0 Å². The summed E-state index contributed by atoms with van der Waals surface area (Å²) in [6.45, 7) is 5.55. The summed E-state index contributed by atoms with van der Waals surface area (Å²) in [5.41, 5.74) is -5.21. The Balaban J connectivity index is 3.03. The standard InChI is InChI=1S/C14H17F3N2O3S/c1-4-8(2)9(3)13(20)18-10-5-6-11(19(21)22)12(7-10)23-14(15,16)17/h5-9H,4H2,1-3H3,(H,18,20). The molecule has 0 saturated carbocycles. The monoisotopic (exact) mass is 350 g/mol. The van der Waals surface area contributed by atoms with E-state index in [4.69, 9.17) is 0 Å². The minimum absolute atomic E-state index is 0.0995. The quantitative estimate of drug-likeness (QED) is 0.453. The van der Waals surface area contributed by atoms with Gasteiger partial charge in [0.1, 0.15) is 0 Å². The minimum Gasteiger partial charge on any atom is -0.326 e. The van der Waals surface area contributed by atoms with Gasteiger partial charge in [0.2, 0.25) is 5.91 Å². The summed E-state index contributed by atoms with van der Waals surface area (Å²) < 4.78 is 37.5. The van der Waals surface area contributed by atoms with Crippen molar-refractivity contribution >= 4 is 29.0 Å². The van der Waals surface area contributed by atoms with E-state index in [1.807, 2.05) is 13.8 Å². The van der Waals surface area contributed by atoms with Crippen molar-refractivity contribution in [3.05, 3.63) is 28.3 Å². The average Bonchev–Trinajstić information content (AvgIpc) is 2.43. The third kappa shape index (κ3) is 5.74. The molecule has 9 heteroatoms. The van der Waals surface area contributed by atoms with Gasteiger partial charge in [-0.1, -0.05) is 27.2 Å². The number of rotatable bonds is 6. The number of anilines is 1. The zero-order valence-corrected chi connectivity index (χ0v) is 13.6. The Kier molecular flexibility index (Phi) is 6.43. The van der Waals surface area contributed by atoms with Gasteiger partial charge in [0.15, 0.2) is 0 Å². The molecular formula is C14H17F3N2O3S. The van der Waals surface area contributed by atoms with Gasteiger partial charge in [-0.05, 0) is 29.8 Å². The molecule has 0 spiro atoms. The van der Waals surface area contributed by atoms with E-state index < -0.39 is 32.8 Å². The van der Waals surface area contributed by atoms with E-state index in [9.17, 15) is 28.1 Å². The predicted molar refractivity (Wildman–Crippen MR) is 82.3 cm³/mol. The van der Waals surface area contributed by atoms with Gasteiger partial charge in [0, 0.05) is 17.7 Å². The van der Waals surface area contributed by atoms with Gasteiger partial charge in [-0.25, -0.2) is 0 Å². The number of halogens is 3. The van der Waals surface area contributed by atoms with Crippen LogP contribution in [0.1, 0.15) is 27.2 Å². The van der Waals surface area contributed by atoms with Crippen LogP contribution >= 0.6 is 11.8 Å². The molecule has 0 radical (unpaired) electrons. The largest absolute Gasteiger partial charge is 0.446 e. The first-order valence-electron chi connectivity index (χ1n) is 6.90. The maximum Gasteiger partial charge on any atom is 0.446 e. The molecule has 1 amide bonds. The summed E-state index contributed by atoms with van der Waals surface area (Å²) in [5, 5.41) is 13.3. The zero-order valence-electron chi connectivity index (χ0n) is 12.8. The molecule has 0 aliphatic rings. The number of benzene rings is 1. The number of amides is 1. The second-order valence-electron chi connectivity index (χ2n) is 5.15. The maximum absolute atomic E-state index is 12.5. The lowest BCUT2D eigenvalue weighted by Gasteiger charge is -2.18. The minimum atomic E-state index is -4.66. The van der Waals surface area contributed by atoms with Crippen LogP contribution in [-0.4, -0.2) is 16.3 Å². The van der Waals surface area contributed by atoms with Crippen LogP contribution in [0.5, 0.6) is 0 Å². The average molecular weight is 350 g/mol. The van der Waals surface area contributed by atoms with E-state index >= 15 is 0 Å². The SMILES string of the molecule is CCC(C)C(C)C(=O)Nc1ccc([N+](=O)[O-])c(SC(F)(F)F)c1. The third-order valence-electron chi connectivity index (χ3n) is 3.56. The summed E-state index contributed by atoms with van der Waals surface area (Å²) in [6, 6.07) is 3.15. The Hall–Kier alpha value is -1.77. The summed E-state index contributed by atoms with van der Waals surface area (Å²) in [6.07, 6.45) is 0.782. The molecule has 0 fully saturated rings. The molecule has 0 aromatic heterocycles. The van der Waals surface area contributed by atoms with E-state index in [0.717, 1.165) is 18.6 Å². The van der Waals surface area contributed by atoms with Crippen LogP contribution in [0.2, 0.25) is 0 Å². The van der Waals surface area contributed by atoms with Gasteiger partial charge in [-0.15, -0.1) is 0 Å². The van der Waals surface area contributed by atoms with Crippen LogP contribution in [0.3, 0.4) is 0 Å². The van der Waals surface area contributed by atoms with E-state index in [-0.39, 0.29) is 23.4 Å². The van der Waals surface area contributed by atoms with Gasteiger partial charge >= 0.3 is 5.51 Å². The molecule has 2 unspecified atom stereocenters. The van der Waals surface area contributed by atoms with Gasteiger partial charge < -0.3 is 5.32 Å². The first-order valence-corrected chi connectivity index (χ1v) is 7.71. The molecule has 23 heavy (non-hydrogen) atoms. The molecule has 0 saturated heterocycles. The molecule has 1 rings (SSSR count). The fourth-order valence-electron chi connectivity index (χ4n) is 1.82. The van der Waals surface area contributed by atoms with Crippen LogP contribution in [0, 0.1) is 22.0 Å². The molecule has 0 bridgehead atoms. The van der Waals surface area contributed by atoms with Crippen LogP contribution in [0.4, 0.5) is 24.5 Å². The Morgan fingerprint density at radius 2 is 2.00 bits per heavy atom. The first-order chi connectivity index (χ1) is 10.5. The van der Waals surface area contributed by atoms with Crippen LogP contribution in [0.15, 0.2) is 23.1 Å². The van der Waals surface area contributed by atoms with Crippen molar-refractivity contribution in [2.24, 2.45) is 11.8 Å². The van der Waals surface area contributed by atoms with Crippen LogP contribution in [-0.2, 0) is 4.79 Å². The van der Waals surface area contributed by atoms with Crippen molar-refractivity contribution in [1.82, 2.24) is 0 Å². The number of nitrogens with one attached hydrogen (secondary N) is 1. The van der Waals surface area contributed by atoms with E-state index in [0.29, 0.717) is 0 Å². The number of nitrogens with zero attached hydrogens (tertiary/aromatic N) is 1. The van der Waals surface area contributed by atoms with E-state index in [2.05, 4.69) is 5.32 Å². The molecule has 0 aliphatic carbocycles. The number of alkyl halides is 3. The van der Waals surface area contributed by atoms with Gasteiger partial charge in [0.25, 0.3) is 5.69 Å². The number of carbonyl (C=O) groups is 1. The highest BCUT2D eigenvalue weighted by Crippen LogP contribution is 2.42.